The van der Waals surface area contributed by atoms with Gasteiger partial charge in [-0.3, -0.25) is 14.4 Å². The average molecular weight is 408 g/mol. The van der Waals surface area contributed by atoms with E-state index in [1.807, 2.05) is 13.0 Å². The fraction of sp³-hybridized carbons (Fsp3) is 0.143. The summed E-state index contributed by atoms with van der Waals surface area (Å²) in [6.45, 7) is 1.24. The van der Waals surface area contributed by atoms with E-state index in [0.717, 1.165) is 10.5 Å². The summed E-state index contributed by atoms with van der Waals surface area (Å²) in [6, 6.07) is 13.0. The number of hydrogen-bond donors (Lipinski definition) is 3. The smallest absolute Gasteiger partial charge is 0.329 e. The second kappa shape index (κ2) is 8.91. The van der Waals surface area contributed by atoms with Gasteiger partial charge in [0.25, 0.3) is 11.8 Å². The second-order valence-corrected chi connectivity index (χ2v) is 6.62. The maximum Gasteiger partial charge on any atom is 0.329 e. The Morgan fingerprint density at radius 2 is 1.90 bits per heavy atom. The van der Waals surface area contributed by atoms with E-state index >= 15 is 0 Å². The number of imide groups is 1. The second-order valence-electron chi connectivity index (χ2n) is 6.62. The topological polar surface area (TPSA) is 131 Å². The maximum absolute atomic E-state index is 12.5. The van der Waals surface area contributed by atoms with Crippen molar-refractivity contribution < 1.29 is 23.9 Å². The normalized spacial score (nSPS) is 14.6. The largest absolute Gasteiger partial charge is 0.484 e. The number of nitrogens with zero attached hydrogens (tertiary/aromatic N) is 1. The van der Waals surface area contributed by atoms with Crippen LogP contribution in [-0.2, 0) is 14.4 Å². The van der Waals surface area contributed by atoms with Crippen LogP contribution in [0.3, 0.4) is 0 Å². The lowest BCUT2D eigenvalue weighted by molar-refractivity contribution is -0.127. The monoisotopic (exact) mass is 408 g/mol. The Morgan fingerprint density at radius 3 is 2.57 bits per heavy atom. The molecule has 1 fully saturated rings. The van der Waals surface area contributed by atoms with Gasteiger partial charge in [0, 0.05) is 5.69 Å². The predicted molar refractivity (Wildman–Crippen MR) is 109 cm³/mol. The molecule has 9 nitrogen and oxygen atoms in total. The lowest BCUT2D eigenvalue weighted by Crippen LogP contribution is -2.38. The van der Waals surface area contributed by atoms with Gasteiger partial charge in [0.2, 0.25) is 5.91 Å². The van der Waals surface area contributed by atoms with Crippen molar-refractivity contribution in [2.45, 2.75) is 6.92 Å². The minimum absolute atomic E-state index is 0.0501. The third-order valence-corrected chi connectivity index (χ3v) is 4.14. The number of nitrogens with two attached hydrogens (primary N) is 1. The van der Waals surface area contributed by atoms with Gasteiger partial charge in [-0.15, -0.1) is 0 Å². The zero-order valence-corrected chi connectivity index (χ0v) is 16.2. The van der Waals surface area contributed by atoms with Crippen LogP contribution in [0, 0.1) is 6.92 Å². The van der Waals surface area contributed by atoms with Crippen LogP contribution < -0.4 is 21.1 Å². The summed E-state index contributed by atoms with van der Waals surface area (Å²) < 4.78 is 5.16. The zero-order valence-electron chi connectivity index (χ0n) is 16.2. The Kier molecular flexibility index (Phi) is 6.11. The predicted octanol–water partition coefficient (Wildman–Crippen LogP) is 1.39. The quantitative estimate of drug-likeness (QED) is 0.471. The van der Waals surface area contributed by atoms with E-state index in [9.17, 15) is 19.2 Å². The highest BCUT2D eigenvalue weighted by Crippen LogP contribution is 2.17. The van der Waals surface area contributed by atoms with Crippen molar-refractivity contribution in [3.8, 4) is 5.75 Å². The maximum atomic E-state index is 12.5. The summed E-state index contributed by atoms with van der Waals surface area (Å²) in [4.78, 5) is 48.5. The van der Waals surface area contributed by atoms with E-state index in [0.29, 0.717) is 17.0 Å². The lowest BCUT2D eigenvalue weighted by atomic mass is 10.2. The molecule has 0 spiro atoms. The van der Waals surface area contributed by atoms with E-state index in [-0.39, 0.29) is 12.3 Å². The Hall–Kier alpha value is -4.14. The third-order valence-electron chi connectivity index (χ3n) is 4.14. The summed E-state index contributed by atoms with van der Waals surface area (Å²) in [5, 5.41) is 5.12. The summed E-state index contributed by atoms with van der Waals surface area (Å²) in [5.41, 5.74) is 7.25. The highest BCUT2D eigenvalue weighted by atomic mass is 16.5. The first-order valence-corrected chi connectivity index (χ1v) is 9.04. The summed E-state index contributed by atoms with van der Waals surface area (Å²) in [7, 11) is 0. The van der Waals surface area contributed by atoms with Crippen LogP contribution in [0.4, 0.5) is 10.5 Å². The molecule has 4 N–H and O–H groups in total. The van der Waals surface area contributed by atoms with E-state index in [1.165, 1.54) is 6.08 Å². The fourth-order valence-electron chi connectivity index (χ4n) is 2.76. The Labute approximate surface area is 172 Å². The minimum Gasteiger partial charge on any atom is -0.484 e. The summed E-state index contributed by atoms with van der Waals surface area (Å²) >= 11 is 0. The van der Waals surface area contributed by atoms with Crippen molar-refractivity contribution in [3.63, 3.8) is 0 Å². The van der Waals surface area contributed by atoms with Gasteiger partial charge in [0.05, 0.1) is 0 Å². The number of carbonyl (C=O) groups is 4. The van der Waals surface area contributed by atoms with Gasteiger partial charge >= 0.3 is 6.03 Å². The summed E-state index contributed by atoms with van der Waals surface area (Å²) in [5.74, 6) is -1.24. The van der Waals surface area contributed by atoms with Crippen molar-refractivity contribution in [3.05, 3.63) is 65.4 Å². The summed E-state index contributed by atoms with van der Waals surface area (Å²) in [6.07, 6.45) is 1.48. The number of nitrogens with one attached hydrogen (secondary N) is 2. The number of anilines is 1. The van der Waals surface area contributed by atoms with Gasteiger partial charge in [-0.25, -0.2) is 9.69 Å². The molecule has 3 rings (SSSR count). The number of aryl methyl sites for hydroxylation is 1. The Balaban J connectivity index is 1.63. The molecule has 1 aliphatic rings. The van der Waals surface area contributed by atoms with Crippen molar-refractivity contribution in [1.29, 1.82) is 0 Å². The number of urea groups is 1. The van der Waals surface area contributed by atoms with E-state index in [1.54, 1.807) is 42.5 Å². The van der Waals surface area contributed by atoms with Crippen molar-refractivity contribution in [2.75, 3.05) is 18.5 Å². The average Bonchev–Trinajstić information content (AvgIpc) is 2.95. The zero-order chi connectivity index (χ0) is 21.7. The fourth-order valence-corrected chi connectivity index (χ4v) is 2.76. The van der Waals surface area contributed by atoms with Gasteiger partial charge in [-0.1, -0.05) is 24.3 Å². The van der Waals surface area contributed by atoms with Crippen LogP contribution in [0.15, 0.2) is 54.2 Å². The number of ether oxygens (including phenoxy) is 1. The van der Waals surface area contributed by atoms with Gasteiger partial charge in [-0.05, 0) is 48.4 Å². The van der Waals surface area contributed by atoms with Crippen LogP contribution in [0.1, 0.15) is 11.1 Å². The Bertz CT molecular complexity index is 1030. The Morgan fingerprint density at radius 1 is 1.17 bits per heavy atom. The van der Waals surface area contributed by atoms with Crippen molar-refractivity contribution in [2.24, 2.45) is 5.73 Å². The van der Waals surface area contributed by atoms with Crippen LogP contribution in [-0.4, -0.2) is 41.8 Å². The molecule has 0 atom stereocenters. The molecule has 1 saturated heterocycles. The number of hydrogen-bond acceptors (Lipinski definition) is 5. The molecule has 0 aromatic heterocycles. The van der Waals surface area contributed by atoms with E-state index < -0.39 is 30.3 Å². The molecule has 1 aliphatic heterocycles. The molecule has 2 aromatic carbocycles. The first-order valence-electron chi connectivity index (χ1n) is 9.04. The molecule has 30 heavy (non-hydrogen) atoms. The van der Waals surface area contributed by atoms with Crippen LogP contribution in [0.25, 0.3) is 6.08 Å². The molecule has 1 heterocycles. The first-order chi connectivity index (χ1) is 14.3. The molecule has 0 radical (unpaired) electrons. The number of carbonyl (C=O) groups excluding carboxylic acids is 4. The number of rotatable bonds is 7. The highest BCUT2D eigenvalue weighted by Gasteiger charge is 2.34. The van der Waals surface area contributed by atoms with Crippen LogP contribution >= 0.6 is 0 Å². The van der Waals surface area contributed by atoms with Gasteiger partial charge in [0.1, 0.15) is 18.0 Å². The molecule has 0 unspecified atom stereocenters. The van der Waals surface area contributed by atoms with Crippen LogP contribution in [0.2, 0.25) is 0 Å². The third kappa shape index (κ3) is 5.22. The van der Waals surface area contributed by atoms with Gasteiger partial charge in [0.15, 0.2) is 6.61 Å². The van der Waals surface area contributed by atoms with E-state index in [2.05, 4.69) is 10.6 Å². The SMILES string of the molecule is Cc1cccc(NC(=O)CN2C(=O)N/C(=C\c3ccc(OCC(N)=O)cc3)C2=O)c1. The lowest BCUT2D eigenvalue weighted by Gasteiger charge is -2.12. The first kappa shape index (κ1) is 20.6. The molecule has 9 heteroatoms. The minimum atomic E-state index is -0.674. The number of benzene rings is 2. The number of primary amides is 1. The van der Waals surface area contributed by atoms with Gasteiger partial charge < -0.3 is 21.1 Å². The molecular formula is C21H20N4O5. The van der Waals surface area contributed by atoms with Gasteiger partial charge in [-0.2, -0.15) is 0 Å². The molecular weight excluding hydrogens is 388 g/mol. The molecule has 0 saturated carbocycles. The molecule has 0 bridgehead atoms. The van der Waals surface area contributed by atoms with Crippen molar-refractivity contribution in [1.82, 2.24) is 10.2 Å². The van der Waals surface area contributed by atoms with Crippen molar-refractivity contribution >= 4 is 35.5 Å². The highest BCUT2D eigenvalue weighted by molar-refractivity contribution is 6.15. The molecule has 2 aromatic rings. The molecule has 0 aliphatic carbocycles. The molecule has 154 valence electrons. The van der Waals surface area contributed by atoms with Crippen LogP contribution in [0.5, 0.6) is 5.75 Å². The standard InChI is InChI=1S/C21H20N4O5/c1-13-3-2-4-15(9-13)23-19(27)11-25-20(28)17(24-21(25)29)10-14-5-7-16(8-6-14)30-12-18(22)26/h2-10H,11-12H2,1H3,(H2,22,26)(H,23,27)(H,24,29)/b17-10-. The molecule has 5 amide bonds. The number of amides is 5. The van der Waals surface area contributed by atoms with E-state index in [4.69, 9.17) is 10.5 Å².